The van der Waals surface area contributed by atoms with Gasteiger partial charge in [0, 0.05) is 59.1 Å². The lowest BCUT2D eigenvalue weighted by Crippen LogP contribution is -2.38. The lowest BCUT2D eigenvalue weighted by molar-refractivity contribution is -0.124. The van der Waals surface area contributed by atoms with Crippen LogP contribution in [-0.2, 0) is 19.1 Å². The first kappa shape index (κ1) is 47.3. The molecule has 0 aliphatic carbocycles. The van der Waals surface area contributed by atoms with Crippen LogP contribution in [0, 0.1) is 13.8 Å². The predicted molar refractivity (Wildman–Crippen MR) is 263 cm³/mol. The summed E-state index contributed by atoms with van der Waals surface area (Å²) in [6.07, 6.45) is 3.71. The fraction of sp³-hybridized carbons (Fsp3) is 0.148. The number of nitrogens with two attached hydrogens (primary N) is 2. The van der Waals surface area contributed by atoms with E-state index in [0.717, 1.165) is 22.5 Å². The topological polar surface area (TPSA) is 224 Å². The molecular formula is C54H48N6O10. The van der Waals surface area contributed by atoms with Crippen LogP contribution < -0.4 is 31.6 Å². The summed E-state index contributed by atoms with van der Waals surface area (Å²) in [5.41, 5.74) is 19.7. The summed E-state index contributed by atoms with van der Waals surface area (Å²) in [7, 11) is 2.49. The number of nitrogens with one attached hydrogen (secondary N) is 2. The number of aromatic nitrogens is 2. The molecule has 70 heavy (non-hydrogen) atoms. The van der Waals surface area contributed by atoms with Gasteiger partial charge < -0.3 is 49.8 Å². The molecule has 4 aromatic heterocycles. The summed E-state index contributed by atoms with van der Waals surface area (Å²) in [5, 5.41) is 5.48. The van der Waals surface area contributed by atoms with Gasteiger partial charge in [-0.25, -0.2) is 9.59 Å². The molecule has 354 valence electrons. The third-order valence-corrected chi connectivity index (χ3v) is 11.8. The number of carbonyl (C=O) groups excluding carboxylic acids is 6. The molecule has 0 spiro atoms. The highest BCUT2D eigenvalue weighted by Crippen LogP contribution is 2.37. The van der Waals surface area contributed by atoms with Crippen LogP contribution in [0.1, 0.15) is 63.7 Å². The first-order valence-electron chi connectivity index (χ1n) is 22.0. The Balaban J connectivity index is 0.856. The monoisotopic (exact) mass is 940 g/mol. The van der Waals surface area contributed by atoms with Crippen LogP contribution in [0.2, 0.25) is 0 Å². The Hall–Kier alpha value is -9.18. The Kier molecular flexibility index (Phi) is 13.8. The minimum atomic E-state index is -0.645. The number of amides is 2. The van der Waals surface area contributed by atoms with Crippen molar-refractivity contribution < 1.29 is 47.7 Å². The maximum Gasteiger partial charge on any atom is 0.339 e. The third kappa shape index (κ3) is 9.51. The van der Waals surface area contributed by atoms with Crippen LogP contribution in [0.15, 0.2) is 134 Å². The van der Waals surface area contributed by atoms with E-state index in [0.29, 0.717) is 44.8 Å². The highest BCUT2D eigenvalue weighted by molar-refractivity contribution is 6.17. The van der Waals surface area contributed by atoms with Gasteiger partial charge in [0.1, 0.15) is 11.5 Å². The van der Waals surface area contributed by atoms with Crippen molar-refractivity contribution in [1.82, 2.24) is 19.4 Å². The Morgan fingerprint density at radius 3 is 1.33 bits per heavy atom. The highest BCUT2D eigenvalue weighted by Gasteiger charge is 2.26. The van der Waals surface area contributed by atoms with Gasteiger partial charge in [0.05, 0.1) is 58.9 Å². The third-order valence-electron chi connectivity index (χ3n) is 11.8. The fourth-order valence-electron chi connectivity index (χ4n) is 8.48. The molecule has 0 radical (unpaired) electrons. The summed E-state index contributed by atoms with van der Waals surface area (Å²) >= 11 is 0. The van der Waals surface area contributed by atoms with E-state index in [-0.39, 0.29) is 71.5 Å². The number of benzene rings is 4. The standard InChI is InChI=1S/C54H48N6O10/c1-31-47(51(63)35-17-19-41(55)39(27-35)53(65)67-3)43-15-5-7-23-59(43)49(31)33-11-9-13-37(25-33)69-29-45(61)57-21-22-58-46(62)30-70-38-14-10-12-34(26-38)50-32(2)48(44-16-6-8-24-60(44)50)52(64)36-18-20-42(56)40(28-36)54(66)68-4/h5-20,23-28H,21-22,29-30,55-56H2,1-4H3,(H,57,61)(H,58,62). The molecule has 0 aliphatic rings. The fourth-order valence-corrected chi connectivity index (χ4v) is 8.48. The largest absolute Gasteiger partial charge is 0.484 e. The lowest BCUT2D eigenvalue weighted by Gasteiger charge is -2.11. The maximum atomic E-state index is 14.0. The van der Waals surface area contributed by atoms with Crippen LogP contribution >= 0.6 is 0 Å². The molecule has 16 nitrogen and oxygen atoms in total. The number of nitrogens with zero attached hydrogens (tertiary/aromatic N) is 2. The number of hydrogen-bond acceptors (Lipinski definition) is 12. The second-order valence-electron chi connectivity index (χ2n) is 16.2. The van der Waals surface area contributed by atoms with E-state index >= 15 is 0 Å². The van der Waals surface area contributed by atoms with Gasteiger partial charge in [-0.15, -0.1) is 0 Å². The van der Waals surface area contributed by atoms with Crippen molar-refractivity contribution in [2.75, 3.05) is 52.0 Å². The molecule has 0 saturated carbocycles. The smallest absolute Gasteiger partial charge is 0.339 e. The van der Waals surface area contributed by atoms with Crippen molar-refractivity contribution in [2.24, 2.45) is 0 Å². The number of ketones is 2. The molecule has 8 rings (SSSR count). The van der Waals surface area contributed by atoms with Crippen molar-refractivity contribution in [1.29, 1.82) is 0 Å². The van der Waals surface area contributed by atoms with Gasteiger partial charge in [0.2, 0.25) is 0 Å². The molecule has 0 atom stereocenters. The van der Waals surface area contributed by atoms with Gasteiger partial charge >= 0.3 is 11.9 Å². The van der Waals surface area contributed by atoms with Gasteiger partial charge in [-0.1, -0.05) is 36.4 Å². The maximum absolute atomic E-state index is 14.0. The predicted octanol–water partition coefficient (Wildman–Crippen LogP) is 7.03. The molecule has 0 saturated heterocycles. The molecule has 2 amide bonds. The number of ether oxygens (including phenoxy) is 4. The zero-order valence-electron chi connectivity index (χ0n) is 38.7. The van der Waals surface area contributed by atoms with E-state index in [1.807, 2.05) is 83.6 Å². The number of pyridine rings is 2. The van der Waals surface area contributed by atoms with E-state index in [9.17, 15) is 28.8 Å². The van der Waals surface area contributed by atoms with Crippen LogP contribution in [0.4, 0.5) is 11.4 Å². The van der Waals surface area contributed by atoms with Crippen molar-refractivity contribution in [3.8, 4) is 34.0 Å². The zero-order chi connectivity index (χ0) is 49.6. The first-order valence-corrected chi connectivity index (χ1v) is 22.0. The average molecular weight is 941 g/mol. The second kappa shape index (κ2) is 20.4. The van der Waals surface area contributed by atoms with Crippen LogP contribution in [0.25, 0.3) is 33.5 Å². The van der Waals surface area contributed by atoms with Gasteiger partial charge in [-0.05, 0) is 110 Å². The van der Waals surface area contributed by atoms with E-state index in [1.165, 1.54) is 38.5 Å². The molecule has 0 fully saturated rings. The molecular weight excluding hydrogens is 893 g/mol. The summed E-state index contributed by atoms with van der Waals surface area (Å²) in [6.45, 7) is 3.38. The molecule has 16 heteroatoms. The number of carbonyl (C=O) groups is 6. The number of nitrogen functional groups attached to an aromatic ring is 2. The molecule has 0 unspecified atom stereocenters. The van der Waals surface area contributed by atoms with E-state index in [2.05, 4.69) is 10.6 Å². The van der Waals surface area contributed by atoms with E-state index in [4.69, 9.17) is 30.4 Å². The molecule has 6 N–H and O–H groups in total. The van der Waals surface area contributed by atoms with Crippen molar-refractivity contribution in [3.63, 3.8) is 0 Å². The van der Waals surface area contributed by atoms with Gasteiger partial charge in [0.25, 0.3) is 11.8 Å². The molecule has 8 aromatic rings. The van der Waals surface area contributed by atoms with Crippen LogP contribution in [-0.4, -0.2) is 84.6 Å². The quantitative estimate of drug-likeness (QED) is 0.0313. The zero-order valence-corrected chi connectivity index (χ0v) is 38.7. The normalized spacial score (nSPS) is 11.0. The number of fused-ring (bicyclic) bond motifs is 2. The minimum absolute atomic E-state index is 0.0976. The van der Waals surface area contributed by atoms with Crippen LogP contribution in [0.3, 0.4) is 0 Å². The Morgan fingerprint density at radius 2 is 0.929 bits per heavy atom. The summed E-state index contributed by atoms with van der Waals surface area (Å²) in [5.74, 6) is -1.85. The Labute approximate surface area is 401 Å². The Bertz CT molecular complexity index is 3170. The molecule has 4 heterocycles. The number of hydrogen-bond donors (Lipinski definition) is 4. The molecule has 4 aromatic carbocycles. The number of esters is 2. The molecule has 0 aliphatic heterocycles. The summed E-state index contributed by atoms with van der Waals surface area (Å²) in [4.78, 5) is 78.4. The first-order chi connectivity index (χ1) is 33.8. The van der Waals surface area contributed by atoms with Crippen LogP contribution in [0.5, 0.6) is 11.5 Å². The number of rotatable bonds is 17. The van der Waals surface area contributed by atoms with E-state index < -0.39 is 23.8 Å². The van der Waals surface area contributed by atoms with Crippen molar-refractivity contribution >= 4 is 57.7 Å². The van der Waals surface area contributed by atoms with Crippen molar-refractivity contribution in [2.45, 2.75) is 13.8 Å². The van der Waals surface area contributed by atoms with Gasteiger partial charge in [-0.3, -0.25) is 19.2 Å². The highest BCUT2D eigenvalue weighted by atomic mass is 16.5. The number of methoxy groups -OCH3 is 2. The Morgan fingerprint density at radius 1 is 0.514 bits per heavy atom. The van der Waals surface area contributed by atoms with E-state index in [1.54, 1.807) is 48.5 Å². The average Bonchev–Trinajstić information content (AvgIpc) is 3.85. The van der Waals surface area contributed by atoms with Gasteiger partial charge in [-0.2, -0.15) is 0 Å². The number of anilines is 2. The minimum Gasteiger partial charge on any atom is -0.484 e. The van der Waals surface area contributed by atoms with Gasteiger partial charge in [0.15, 0.2) is 24.8 Å². The lowest BCUT2D eigenvalue weighted by atomic mass is 9.97. The molecule has 0 bridgehead atoms. The van der Waals surface area contributed by atoms with Crippen molar-refractivity contribution in [3.05, 3.63) is 178 Å². The SMILES string of the molecule is COC(=O)c1cc(C(=O)c2c(C)c(-c3cccc(OCC(=O)NCCNC(=O)COc4cccc(-c5c(C)c(C(=O)c6ccc(N)c(C(=O)OC)c6)c6ccccn56)c4)c3)n3ccccc23)ccc1N. The summed E-state index contributed by atoms with van der Waals surface area (Å²) < 4.78 is 25.3. The second-order valence-corrected chi connectivity index (χ2v) is 16.2. The summed E-state index contributed by atoms with van der Waals surface area (Å²) in [6, 6.07) is 34.5.